The highest BCUT2D eigenvalue weighted by Crippen LogP contribution is 2.66. The van der Waals surface area contributed by atoms with Gasteiger partial charge in [0, 0.05) is 28.8 Å². The second-order valence-corrected chi connectivity index (χ2v) is 21.3. The van der Waals surface area contributed by atoms with Crippen molar-refractivity contribution in [3.05, 3.63) is 59.2 Å². The van der Waals surface area contributed by atoms with E-state index in [0.717, 1.165) is 76.3 Å². The Hall–Kier alpha value is -3.54. The molecule has 0 spiro atoms. The van der Waals surface area contributed by atoms with Crippen LogP contribution >= 0.6 is 0 Å². The number of aromatic hydroxyl groups is 2. The molecule has 0 radical (unpaired) electrons. The van der Waals surface area contributed by atoms with Gasteiger partial charge < -0.3 is 31.2 Å². The molecular weight excluding hydrogens is 669 g/mol. The molecule has 12 saturated carbocycles. The van der Waals surface area contributed by atoms with Gasteiger partial charge in [-0.3, -0.25) is 0 Å². The number of rotatable bonds is 7. The highest BCUT2D eigenvalue weighted by atomic mass is 16.5. The van der Waals surface area contributed by atoms with E-state index in [1.165, 1.54) is 132 Å². The van der Waals surface area contributed by atoms with Crippen LogP contribution in [0.3, 0.4) is 0 Å². The number of nitrogens with two attached hydrogens (primary N) is 2. The number of phenols is 2. The summed E-state index contributed by atoms with van der Waals surface area (Å²) in [5.74, 6) is 10.5. The van der Waals surface area contributed by atoms with Crippen LogP contribution in [0, 0.1) is 53.3 Å². The SMILES string of the molecule is Nc1cc(C23CC4CC(CC(C4)C2)C3)c(Oc2ccc(Oc3cc(O)c(N)cc3C34CC5CC(CC(C5)C3)C4)c(C34CC5CC(CC(C5)C3)C4)c2)cc1O. The zero-order chi connectivity index (χ0) is 36.1. The summed E-state index contributed by atoms with van der Waals surface area (Å²) in [6.45, 7) is 0. The maximum Gasteiger partial charge on any atom is 0.142 e. The lowest BCUT2D eigenvalue weighted by Crippen LogP contribution is -2.49. The van der Waals surface area contributed by atoms with Crippen LogP contribution in [0.5, 0.6) is 34.5 Å². The van der Waals surface area contributed by atoms with E-state index in [9.17, 15) is 10.2 Å². The molecule has 0 aliphatic heterocycles. The molecule has 0 aromatic heterocycles. The Kier molecular flexibility index (Phi) is 6.83. The first kappa shape index (κ1) is 32.7. The number of benzene rings is 3. The highest BCUT2D eigenvalue weighted by Gasteiger charge is 2.56. The third kappa shape index (κ3) is 4.95. The number of nitrogen functional groups attached to an aromatic ring is 2. The van der Waals surface area contributed by atoms with Crippen molar-refractivity contribution in [1.82, 2.24) is 0 Å². The standard InChI is InChI=1S/C48H58N2O4/c49-39-13-37(47-20-29-6-30(21-47)8-31(7-29)22-47)44(15-41(39)51)53-35-1-2-43(36(12-35)46-17-26-3-27(18-46)5-28(4-26)19-46)54-45-16-42(52)40(50)14-38(45)48-23-32-9-33(24-48)11-34(10-32)25-48/h1-2,12-16,26-34,51-52H,3-11,17-25,49-50H2. The van der Waals surface area contributed by atoms with Crippen LogP contribution in [0.1, 0.15) is 132 Å². The first-order valence-electron chi connectivity index (χ1n) is 21.8. The molecule has 0 heterocycles. The summed E-state index contributed by atoms with van der Waals surface area (Å²) in [5, 5.41) is 22.1. The zero-order valence-electron chi connectivity index (χ0n) is 31.8. The van der Waals surface area contributed by atoms with E-state index in [4.69, 9.17) is 20.9 Å². The molecule has 12 bridgehead atoms. The van der Waals surface area contributed by atoms with Gasteiger partial charge in [-0.15, -0.1) is 0 Å². The Balaban J connectivity index is 0.959. The van der Waals surface area contributed by atoms with E-state index in [-0.39, 0.29) is 27.7 Å². The van der Waals surface area contributed by atoms with E-state index in [1.54, 1.807) is 6.07 Å². The van der Waals surface area contributed by atoms with E-state index in [2.05, 4.69) is 30.3 Å². The minimum atomic E-state index is 0.0478. The fourth-order valence-corrected chi connectivity index (χ4v) is 16.8. The number of phenolic OH excluding ortho intramolecular Hbond substituents is 2. The smallest absolute Gasteiger partial charge is 0.142 e. The van der Waals surface area contributed by atoms with Crippen LogP contribution in [-0.4, -0.2) is 10.2 Å². The average Bonchev–Trinajstić information content (AvgIpc) is 3.10. The summed E-state index contributed by atoms with van der Waals surface area (Å²) >= 11 is 0. The summed E-state index contributed by atoms with van der Waals surface area (Å²) in [6, 6.07) is 14.3. The van der Waals surface area contributed by atoms with Gasteiger partial charge >= 0.3 is 0 Å². The lowest BCUT2D eigenvalue weighted by Gasteiger charge is -2.57. The van der Waals surface area contributed by atoms with Gasteiger partial charge in [-0.1, -0.05) is 0 Å². The van der Waals surface area contributed by atoms with Crippen LogP contribution in [-0.2, 0) is 16.2 Å². The van der Waals surface area contributed by atoms with Crippen molar-refractivity contribution in [3.63, 3.8) is 0 Å². The van der Waals surface area contributed by atoms with Gasteiger partial charge in [0.25, 0.3) is 0 Å². The van der Waals surface area contributed by atoms with Crippen molar-refractivity contribution in [1.29, 1.82) is 0 Å². The summed E-state index contributed by atoms with van der Waals surface area (Å²) in [4.78, 5) is 0. The van der Waals surface area contributed by atoms with Crippen molar-refractivity contribution in [3.8, 4) is 34.5 Å². The number of anilines is 2. The second kappa shape index (κ2) is 11.3. The lowest BCUT2D eigenvalue weighted by atomic mass is 9.48. The average molecular weight is 727 g/mol. The van der Waals surface area contributed by atoms with Crippen LogP contribution < -0.4 is 20.9 Å². The third-order valence-electron chi connectivity index (χ3n) is 17.5. The van der Waals surface area contributed by atoms with Gasteiger partial charge in [-0.2, -0.15) is 0 Å². The largest absolute Gasteiger partial charge is 0.506 e. The van der Waals surface area contributed by atoms with E-state index < -0.39 is 0 Å². The van der Waals surface area contributed by atoms with E-state index in [1.807, 2.05) is 6.07 Å². The molecule has 0 unspecified atom stereocenters. The maximum atomic E-state index is 11.1. The highest BCUT2D eigenvalue weighted by molar-refractivity contribution is 5.63. The normalized spacial score (nSPS) is 41.8. The monoisotopic (exact) mass is 726 g/mol. The van der Waals surface area contributed by atoms with E-state index >= 15 is 0 Å². The van der Waals surface area contributed by atoms with Gasteiger partial charge in [-0.25, -0.2) is 0 Å². The summed E-state index contributed by atoms with van der Waals surface area (Å²) in [6.07, 6.45) is 23.1. The Bertz CT molecular complexity index is 1940. The van der Waals surface area contributed by atoms with Crippen LogP contribution in [0.25, 0.3) is 0 Å². The molecule has 12 aliphatic carbocycles. The van der Waals surface area contributed by atoms with Crippen molar-refractivity contribution in [2.45, 2.75) is 132 Å². The minimum absolute atomic E-state index is 0.0478. The maximum absolute atomic E-state index is 11.1. The molecule has 6 N–H and O–H groups in total. The Morgan fingerprint density at radius 1 is 0.407 bits per heavy atom. The van der Waals surface area contributed by atoms with Crippen molar-refractivity contribution < 1.29 is 19.7 Å². The molecule has 6 heteroatoms. The Morgan fingerprint density at radius 2 is 0.722 bits per heavy atom. The number of hydrogen-bond donors (Lipinski definition) is 4. The number of ether oxygens (including phenoxy) is 2. The van der Waals surface area contributed by atoms with Gasteiger partial charge in [0.2, 0.25) is 0 Å². The minimum Gasteiger partial charge on any atom is -0.506 e. The molecular formula is C48H58N2O4. The van der Waals surface area contributed by atoms with Gasteiger partial charge in [-0.05, 0) is 215 Å². The second-order valence-electron chi connectivity index (χ2n) is 21.3. The first-order chi connectivity index (χ1) is 26.1. The fourth-order valence-electron chi connectivity index (χ4n) is 16.8. The molecule has 0 atom stereocenters. The van der Waals surface area contributed by atoms with E-state index in [0.29, 0.717) is 11.4 Å². The van der Waals surface area contributed by atoms with Gasteiger partial charge in [0.15, 0.2) is 0 Å². The topological polar surface area (TPSA) is 111 Å². The molecule has 284 valence electrons. The Morgan fingerprint density at radius 3 is 1.07 bits per heavy atom. The van der Waals surface area contributed by atoms with Gasteiger partial charge in [0.05, 0.1) is 11.4 Å². The van der Waals surface area contributed by atoms with Gasteiger partial charge in [0.1, 0.15) is 34.5 Å². The summed E-state index contributed by atoms with van der Waals surface area (Å²) < 4.78 is 14.3. The van der Waals surface area contributed by atoms with Crippen LogP contribution in [0.2, 0.25) is 0 Å². The van der Waals surface area contributed by atoms with Crippen molar-refractivity contribution in [2.75, 3.05) is 11.5 Å². The lowest BCUT2D eigenvalue weighted by molar-refractivity contribution is -0.00731. The molecule has 15 rings (SSSR count). The molecule has 12 aliphatic rings. The zero-order valence-corrected chi connectivity index (χ0v) is 31.8. The van der Waals surface area contributed by atoms with Crippen molar-refractivity contribution in [2.24, 2.45) is 53.3 Å². The predicted molar refractivity (Wildman–Crippen MR) is 211 cm³/mol. The molecule has 54 heavy (non-hydrogen) atoms. The third-order valence-corrected chi connectivity index (χ3v) is 17.5. The van der Waals surface area contributed by atoms with Crippen LogP contribution in [0.4, 0.5) is 11.4 Å². The fraction of sp³-hybridized carbons (Fsp3) is 0.625. The Labute approximate surface area is 320 Å². The molecule has 6 nitrogen and oxygen atoms in total. The van der Waals surface area contributed by atoms with Crippen LogP contribution in [0.15, 0.2) is 42.5 Å². The quantitative estimate of drug-likeness (QED) is 0.142. The summed E-state index contributed by atoms with van der Waals surface area (Å²) in [7, 11) is 0. The molecule has 0 saturated heterocycles. The number of hydrogen-bond acceptors (Lipinski definition) is 6. The molecule has 0 amide bonds. The molecule has 12 fully saturated rings. The van der Waals surface area contributed by atoms with Crippen molar-refractivity contribution >= 4 is 11.4 Å². The first-order valence-corrected chi connectivity index (χ1v) is 21.8. The predicted octanol–water partition coefficient (Wildman–Crippen LogP) is 11.3. The molecule has 3 aromatic rings. The molecule has 3 aromatic carbocycles. The summed E-state index contributed by atoms with van der Waals surface area (Å²) in [5.41, 5.74) is 17.8.